The number of amides is 1. The van der Waals surface area contributed by atoms with Gasteiger partial charge in [0.15, 0.2) is 0 Å². The molecule has 0 aromatic carbocycles. The summed E-state index contributed by atoms with van der Waals surface area (Å²) in [4.78, 5) is 22.6. The maximum absolute atomic E-state index is 11.9. The summed E-state index contributed by atoms with van der Waals surface area (Å²) in [6.07, 6.45) is 6.96. The summed E-state index contributed by atoms with van der Waals surface area (Å²) in [6, 6.07) is -0.242. The standard InChI is InChI=1S/C12H18N2O3/c15-11(10-3-1-2-6-13-10)14-9-5-4-8(7-9)12(16)17/h4-5,8-10,13H,1-3,6-7H2,(H,14,15)(H,16,17)/t8?,9?,10-/m0/s1. The smallest absolute Gasteiger partial charge is 0.310 e. The molecular weight excluding hydrogens is 220 g/mol. The van der Waals surface area contributed by atoms with Gasteiger partial charge in [0.05, 0.1) is 12.0 Å². The lowest BCUT2D eigenvalue weighted by molar-refractivity contribution is -0.140. The van der Waals surface area contributed by atoms with Crippen LogP contribution < -0.4 is 10.6 Å². The highest BCUT2D eigenvalue weighted by molar-refractivity contribution is 5.82. The highest BCUT2D eigenvalue weighted by atomic mass is 16.4. The van der Waals surface area contributed by atoms with Crippen molar-refractivity contribution in [3.63, 3.8) is 0 Å². The zero-order valence-electron chi connectivity index (χ0n) is 9.69. The van der Waals surface area contributed by atoms with Gasteiger partial charge in [-0.25, -0.2) is 0 Å². The van der Waals surface area contributed by atoms with Gasteiger partial charge in [-0.3, -0.25) is 9.59 Å². The fourth-order valence-corrected chi connectivity index (χ4v) is 2.35. The Bertz CT molecular complexity index is 335. The second-order valence-corrected chi connectivity index (χ2v) is 4.68. The van der Waals surface area contributed by atoms with Crippen LogP contribution in [-0.2, 0) is 9.59 Å². The summed E-state index contributed by atoms with van der Waals surface area (Å²) in [6.45, 7) is 0.885. The molecule has 2 unspecified atom stereocenters. The van der Waals surface area contributed by atoms with E-state index in [4.69, 9.17) is 5.11 Å². The van der Waals surface area contributed by atoms with Gasteiger partial charge in [-0.2, -0.15) is 0 Å². The monoisotopic (exact) mass is 238 g/mol. The van der Waals surface area contributed by atoms with Crippen LogP contribution >= 0.6 is 0 Å². The highest BCUT2D eigenvalue weighted by Gasteiger charge is 2.28. The van der Waals surface area contributed by atoms with E-state index in [2.05, 4.69) is 10.6 Å². The van der Waals surface area contributed by atoms with E-state index in [1.165, 1.54) is 0 Å². The molecule has 0 spiro atoms. The van der Waals surface area contributed by atoms with E-state index in [-0.39, 0.29) is 18.0 Å². The van der Waals surface area contributed by atoms with Gasteiger partial charge in [0.2, 0.25) is 5.91 Å². The Morgan fingerprint density at radius 1 is 1.29 bits per heavy atom. The van der Waals surface area contributed by atoms with Gasteiger partial charge >= 0.3 is 5.97 Å². The summed E-state index contributed by atoms with van der Waals surface area (Å²) in [5.41, 5.74) is 0. The largest absolute Gasteiger partial charge is 0.481 e. The van der Waals surface area contributed by atoms with Crippen molar-refractivity contribution in [3.05, 3.63) is 12.2 Å². The predicted molar refractivity (Wildman–Crippen MR) is 62.5 cm³/mol. The molecule has 94 valence electrons. The normalized spacial score (nSPS) is 32.4. The van der Waals surface area contributed by atoms with Gasteiger partial charge in [-0.1, -0.05) is 18.6 Å². The minimum absolute atomic E-state index is 0.00890. The SMILES string of the molecule is O=C(O)C1C=CC(NC(=O)[C@@H]2CCCCN2)C1. The second kappa shape index (κ2) is 5.31. The average Bonchev–Trinajstić information content (AvgIpc) is 2.79. The van der Waals surface area contributed by atoms with Crippen molar-refractivity contribution in [1.82, 2.24) is 10.6 Å². The van der Waals surface area contributed by atoms with Crippen molar-refractivity contribution >= 4 is 11.9 Å². The fraction of sp³-hybridized carbons (Fsp3) is 0.667. The minimum atomic E-state index is -0.825. The van der Waals surface area contributed by atoms with Crippen LogP contribution in [0.1, 0.15) is 25.7 Å². The number of aliphatic carboxylic acids is 1. The number of hydrogen-bond donors (Lipinski definition) is 3. The molecule has 0 bridgehead atoms. The van der Waals surface area contributed by atoms with Crippen LogP contribution in [0.2, 0.25) is 0 Å². The number of hydrogen-bond acceptors (Lipinski definition) is 3. The summed E-state index contributed by atoms with van der Waals surface area (Å²) >= 11 is 0. The van der Waals surface area contributed by atoms with Crippen molar-refractivity contribution in [1.29, 1.82) is 0 Å². The van der Waals surface area contributed by atoms with Gasteiger partial charge in [-0.15, -0.1) is 0 Å². The molecule has 0 saturated carbocycles. The van der Waals surface area contributed by atoms with Gasteiger partial charge < -0.3 is 15.7 Å². The molecular formula is C12H18N2O3. The molecule has 1 fully saturated rings. The summed E-state index contributed by atoms with van der Waals surface area (Å²) in [5.74, 6) is -1.29. The molecule has 1 amide bonds. The lowest BCUT2D eigenvalue weighted by Gasteiger charge is -2.24. The predicted octanol–water partition coefficient (Wildman–Crippen LogP) is 0.274. The van der Waals surface area contributed by atoms with Crippen molar-refractivity contribution in [2.24, 2.45) is 5.92 Å². The average molecular weight is 238 g/mol. The summed E-state index contributed by atoms with van der Waals surface area (Å²) < 4.78 is 0. The Hall–Kier alpha value is -1.36. The molecule has 2 rings (SSSR count). The number of carboxylic acid groups (broad SMARTS) is 1. The number of carboxylic acids is 1. The Kier molecular flexibility index (Phi) is 3.78. The zero-order chi connectivity index (χ0) is 12.3. The number of carbonyl (C=O) groups excluding carboxylic acids is 1. The number of piperidine rings is 1. The summed E-state index contributed by atoms with van der Waals surface area (Å²) in [7, 11) is 0. The topological polar surface area (TPSA) is 78.4 Å². The Morgan fingerprint density at radius 3 is 2.71 bits per heavy atom. The molecule has 1 heterocycles. The third-order valence-electron chi connectivity index (χ3n) is 3.36. The lowest BCUT2D eigenvalue weighted by Crippen LogP contribution is -2.49. The number of carbonyl (C=O) groups is 2. The maximum atomic E-state index is 11.9. The molecule has 0 aromatic heterocycles. The van der Waals surface area contributed by atoms with Gasteiger partial charge in [0.25, 0.3) is 0 Å². The Labute approximate surface area is 100 Å². The molecule has 3 atom stereocenters. The Balaban J connectivity index is 1.80. The van der Waals surface area contributed by atoms with Gasteiger partial charge in [-0.05, 0) is 25.8 Å². The molecule has 1 saturated heterocycles. The minimum Gasteiger partial charge on any atom is -0.481 e. The molecule has 5 nitrogen and oxygen atoms in total. The number of nitrogens with one attached hydrogen (secondary N) is 2. The Morgan fingerprint density at radius 2 is 2.12 bits per heavy atom. The van der Waals surface area contributed by atoms with Crippen LogP contribution in [0.4, 0.5) is 0 Å². The first kappa shape index (κ1) is 12.1. The lowest BCUT2D eigenvalue weighted by atomic mass is 10.0. The third kappa shape index (κ3) is 3.06. The molecule has 1 aliphatic heterocycles. The van der Waals surface area contributed by atoms with E-state index < -0.39 is 11.9 Å². The molecule has 1 aliphatic carbocycles. The highest BCUT2D eigenvalue weighted by Crippen LogP contribution is 2.18. The first-order valence-corrected chi connectivity index (χ1v) is 6.11. The molecule has 3 N–H and O–H groups in total. The van der Waals surface area contributed by atoms with Crippen molar-refractivity contribution in [3.8, 4) is 0 Å². The van der Waals surface area contributed by atoms with Crippen molar-refractivity contribution < 1.29 is 14.7 Å². The maximum Gasteiger partial charge on any atom is 0.310 e. The van der Waals surface area contributed by atoms with E-state index in [1.54, 1.807) is 12.2 Å². The second-order valence-electron chi connectivity index (χ2n) is 4.68. The van der Waals surface area contributed by atoms with Crippen molar-refractivity contribution in [2.45, 2.75) is 37.8 Å². The first-order valence-electron chi connectivity index (χ1n) is 6.11. The molecule has 5 heteroatoms. The third-order valence-corrected chi connectivity index (χ3v) is 3.36. The zero-order valence-corrected chi connectivity index (χ0v) is 9.69. The molecule has 17 heavy (non-hydrogen) atoms. The van der Waals surface area contributed by atoms with Crippen LogP contribution in [0.5, 0.6) is 0 Å². The van der Waals surface area contributed by atoms with Gasteiger partial charge in [0, 0.05) is 6.04 Å². The van der Waals surface area contributed by atoms with E-state index in [1.807, 2.05) is 0 Å². The van der Waals surface area contributed by atoms with Crippen molar-refractivity contribution in [2.75, 3.05) is 6.54 Å². The van der Waals surface area contributed by atoms with E-state index in [9.17, 15) is 9.59 Å². The molecule has 0 radical (unpaired) electrons. The van der Waals surface area contributed by atoms with E-state index >= 15 is 0 Å². The van der Waals surface area contributed by atoms with Crippen LogP contribution in [0, 0.1) is 5.92 Å². The molecule has 2 aliphatic rings. The first-order chi connectivity index (χ1) is 8.16. The quantitative estimate of drug-likeness (QED) is 0.617. The van der Waals surface area contributed by atoms with Crippen LogP contribution in [0.25, 0.3) is 0 Å². The van der Waals surface area contributed by atoms with Crippen LogP contribution in [-0.4, -0.2) is 35.6 Å². The van der Waals surface area contributed by atoms with Crippen LogP contribution in [0.15, 0.2) is 12.2 Å². The molecule has 0 aromatic rings. The number of rotatable bonds is 3. The van der Waals surface area contributed by atoms with E-state index in [0.29, 0.717) is 6.42 Å². The van der Waals surface area contributed by atoms with Crippen LogP contribution in [0.3, 0.4) is 0 Å². The fourth-order valence-electron chi connectivity index (χ4n) is 2.35. The van der Waals surface area contributed by atoms with Gasteiger partial charge in [0.1, 0.15) is 0 Å². The van der Waals surface area contributed by atoms with E-state index in [0.717, 1.165) is 25.8 Å². The summed E-state index contributed by atoms with van der Waals surface area (Å²) in [5, 5.41) is 14.9.